The minimum Gasteiger partial charge on any atom is -0.350 e. The van der Waals surface area contributed by atoms with Crippen LogP contribution in [0.3, 0.4) is 0 Å². The first-order valence-corrected chi connectivity index (χ1v) is 10.7. The first-order valence-electron chi connectivity index (χ1n) is 10.7. The van der Waals surface area contributed by atoms with Crippen molar-refractivity contribution in [1.29, 1.82) is 0 Å². The maximum absolute atomic E-state index is 13.3. The summed E-state index contributed by atoms with van der Waals surface area (Å²) in [6, 6.07) is 16.2. The topological polar surface area (TPSA) is 81.8 Å². The molecule has 0 spiro atoms. The summed E-state index contributed by atoms with van der Waals surface area (Å²) in [5, 5.41) is 6.15. The molecular weight excluding hydrogens is 392 g/mol. The molecule has 31 heavy (non-hydrogen) atoms. The molecule has 2 unspecified atom stereocenters. The van der Waals surface area contributed by atoms with Crippen LogP contribution in [0, 0.1) is 6.92 Å². The van der Waals surface area contributed by atoms with Gasteiger partial charge in [-0.1, -0.05) is 60.2 Å². The molecule has 7 nitrogen and oxygen atoms in total. The Balaban J connectivity index is 1.48. The van der Waals surface area contributed by atoms with Crippen LogP contribution in [0.1, 0.15) is 29.5 Å². The maximum Gasteiger partial charge on any atom is 0.327 e. The molecule has 0 bridgehead atoms. The van der Waals surface area contributed by atoms with Crippen molar-refractivity contribution in [3.8, 4) is 0 Å². The smallest absolute Gasteiger partial charge is 0.327 e. The van der Waals surface area contributed by atoms with Crippen LogP contribution < -0.4 is 10.6 Å². The molecule has 2 aromatic rings. The summed E-state index contributed by atoms with van der Waals surface area (Å²) >= 11 is 0. The molecule has 4 amide bonds. The number of urea groups is 1. The normalized spacial score (nSPS) is 21.1. The second-order valence-corrected chi connectivity index (χ2v) is 8.22. The Bertz CT molecular complexity index is 945. The Labute approximate surface area is 182 Å². The van der Waals surface area contributed by atoms with Gasteiger partial charge < -0.3 is 15.5 Å². The molecule has 4 rings (SSSR count). The number of carbonyl (C=O) groups is 3. The van der Waals surface area contributed by atoms with E-state index in [1.807, 2.05) is 61.5 Å². The van der Waals surface area contributed by atoms with Crippen LogP contribution in [0.25, 0.3) is 0 Å². The first kappa shape index (κ1) is 21.1. The molecule has 162 valence electrons. The van der Waals surface area contributed by atoms with Crippen molar-refractivity contribution < 1.29 is 14.4 Å². The zero-order valence-electron chi connectivity index (χ0n) is 17.7. The standard InChI is InChI=1S/C24H28N4O3/c1-17-9-11-19(12-10-17)15-28-23(30)22-20(8-5-13-25-22)27(24(28)31)16-21(29)26-14-18-6-3-2-4-7-18/h2-4,6-7,9-12,20,22,25H,5,8,13-16H2,1H3,(H,26,29). The van der Waals surface area contributed by atoms with Crippen molar-refractivity contribution >= 4 is 17.8 Å². The molecule has 2 saturated heterocycles. The first-order chi connectivity index (χ1) is 15.0. The van der Waals surface area contributed by atoms with E-state index in [0.717, 1.165) is 29.7 Å². The van der Waals surface area contributed by atoms with Gasteiger partial charge in [0.2, 0.25) is 11.8 Å². The number of amides is 4. The number of imide groups is 1. The minimum absolute atomic E-state index is 0.0633. The SMILES string of the molecule is Cc1ccc(CN2C(=O)C3NCCCC3N(CC(=O)NCc3ccccc3)C2=O)cc1. The number of aryl methyl sites for hydroxylation is 1. The summed E-state index contributed by atoms with van der Waals surface area (Å²) in [6.45, 7) is 3.26. The largest absolute Gasteiger partial charge is 0.350 e. The Morgan fingerprint density at radius 3 is 2.55 bits per heavy atom. The van der Waals surface area contributed by atoms with E-state index in [2.05, 4.69) is 10.6 Å². The molecule has 0 radical (unpaired) electrons. The molecule has 2 heterocycles. The van der Waals surface area contributed by atoms with Gasteiger partial charge in [-0.05, 0) is 37.4 Å². The molecule has 2 aliphatic rings. The molecule has 7 heteroatoms. The van der Waals surface area contributed by atoms with Crippen LogP contribution in [0.15, 0.2) is 54.6 Å². The van der Waals surface area contributed by atoms with Gasteiger partial charge in [0.25, 0.3) is 0 Å². The van der Waals surface area contributed by atoms with Crippen LogP contribution in [0.4, 0.5) is 4.79 Å². The quantitative estimate of drug-likeness (QED) is 0.751. The number of carbonyl (C=O) groups excluding carboxylic acids is 3. The number of rotatable bonds is 6. The van der Waals surface area contributed by atoms with Crippen molar-refractivity contribution in [1.82, 2.24) is 20.4 Å². The fourth-order valence-corrected chi connectivity index (χ4v) is 4.23. The molecular formula is C24H28N4O3. The maximum atomic E-state index is 13.3. The Morgan fingerprint density at radius 2 is 1.81 bits per heavy atom. The van der Waals surface area contributed by atoms with Gasteiger partial charge >= 0.3 is 6.03 Å². The Morgan fingerprint density at radius 1 is 1.06 bits per heavy atom. The number of hydrogen-bond acceptors (Lipinski definition) is 4. The van der Waals surface area contributed by atoms with Gasteiger partial charge in [0.1, 0.15) is 12.6 Å². The summed E-state index contributed by atoms with van der Waals surface area (Å²) < 4.78 is 0. The van der Waals surface area contributed by atoms with E-state index in [1.54, 1.807) is 4.90 Å². The second kappa shape index (κ2) is 9.31. The third-order valence-corrected chi connectivity index (χ3v) is 5.94. The highest BCUT2D eigenvalue weighted by atomic mass is 16.2. The number of nitrogens with zero attached hydrogens (tertiary/aromatic N) is 2. The van der Waals surface area contributed by atoms with Crippen molar-refractivity contribution in [2.45, 2.75) is 44.9 Å². The van der Waals surface area contributed by atoms with Crippen LogP contribution in [0.5, 0.6) is 0 Å². The summed E-state index contributed by atoms with van der Waals surface area (Å²) in [5.74, 6) is -0.442. The van der Waals surface area contributed by atoms with Crippen molar-refractivity contribution in [3.05, 3.63) is 71.3 Å². The molecule has 2 aliphatic heterocycles. The van der Waals surface area contributed by atoms with E-state index in [0.29, 0.717) is 13.0 Å². The number of benzene rings is 2. The third kappa shape index (κ3) is 4.77. The Hall–Kier alpha value is -3.19. The van der Waals surface area contributed by atoms with Gasteiger partial charge in [-0.15, -0.1) is 0 Å². The summed E-state index contributed by atoms with van der Waals surface area (Å²) in [4.78, 5) is 41.9. The van der Waals surface area contributed by atoms with Gasteiger partial charge in [0.15, 0.2) is 0 Å². The van der Waals surface area contributed by atoms with E-state index < -0.39 is 12.1 Å². The lowest BCUT2D eigenvalue weighted by molar-refractivity contribution is -0.139. The van der Waals surface area contributed by atoms with Gasteiger partial charge in [-0.2, -0.15) is 0 Å². The highest BCUT2D eigenvalue weighted by molar-refractivity contribution is 6.01. The number of nitrogens with one attached hydrogen (secondary N) is 2. The lowest BCUT2D eigenvalue weighted by Gasteiger charge is -2.46. The minimum atomic E-state index is -0.473. The fourth-order valence-electron chi connectivity index (χ4n) is 4.23. The molecule has 0 aromatic heterocycles. The van der Waals surface area contributed by atoms with Crippen LogP contribution in [-0.2, 0) is 22.7 Å². The summed E-state index contributed by atoms with van der Waals surface area (Å²) in [7, 11) is 0. The van der Waals surface area contributed by atoms with Gasteiger partial charge in [-0.3, -0.25) is 14.5 Å². The number of piperidine rings is 1. The van der Waals surface area contributed by atoms with Crippen molar-refractivity contribution in [3.63, 3.8) is 0 Å². The zero-order chi connectivity index (χ0) is 21.8. The average molecular weight is 421 g/mol. The molecule has 2 N–H and O–H groups in total. The monoisotopic (exact) mass is 420 g/mol. The van der Waals surface area contributed by atoms with Gasteiger partial charge in [0.05, 0.1) is 12.6 Å². The van der Waals surface area contributed by atoms with Gasteiger partial charge in [-0.25, -0.2) is 4.79 Å². The van der Waals surface area contributed by atoms with Crippen LogP contribution in [-0.4, -0.2) is 52.8 Å². The number of fused-ring (bicyclic) bond motifs is 1. The predicted molar refractivity (Wildman–Crippen MR) is 117 cm³/mol. The molecule has 2 aromatic carbocycles. The number of hydrogen-bond donors (Lipinski definition) is 2. The van der Waals surface area contributed by atoms with Crippen LogP contribution >= 0.6 is 0 Å². The average Bonchev–Trinajstić information content (AvgIpc) is 2.80. The molecule has 2 fully saturated rings. The Kier molecular flexibility index (Phi) is 6.32. The second-order valence-electron chi connectivity index (χ2n) is 8.22. The zero-order valence-corrected chi connectivity index (χ0v) is 17.7. The lowest BCUT2D eigenvalue weighted by Crippen LogP contribution is -2.70. The van der Waals surface area contributed by atoms with E-state index in [4.69, 9.17) is 0 Å². The summed E-state index contributed by atoms with van der Waals surface area (Å²) in [5.41, 5.74) is 3.00. The highest BCUT2D eigenvalue weighted by Crippen LogP contribution is 2.26. The third-order valence-electron chi connectivity index (χ3n) is 5.94. The predicted octanol–water partition coefficient (Wildman–Crippen LogP) is 2.20. The molecule has 0 aliphatic carbocycles. The highest BCUT2D eigenvalue weighted by Gasteiger charge is 2.47. The van der Waals surface area contributed by atoms with Crippen LogP contribution in [0.2, 0.25) is 0 Å². The van der Waals surface area contributed by atoms with Crippen molar-refractivity contribution in [2.75, 3.05) is 13.1 Å². The van der Waals surface area contributed by atoms with E-state index in [-0.39, 0.29) is 30.9 Å². The summed E-state index contributed by atoms with van der Waals surface area (Å²) in [6.07, 6.45) is 1.57. The molecule has 2 atom stereocenters. The van der Waals surface area contributed by atoms with E-state index in [9.17, 15) is 14.4 Å². The van der Waals surface area contributed by atoms with E-state index >= 15 is 0 Å². The van der Waals surface area contributed by atoms with Gasteiger partial charge in [0, 0.05) is 6.54 Å². The van der Waals surface area contributed by atoms with E-state index in [1.165, 1.54) is 4.90 Å². The lowest BCUT2D eigenvalue weighted by atomic mass is 9.93. The fraction of sp³-hybridized carbons (Fsp3) is 0.375. The molecule has 0 saturated carbocycles. The van der Waals surface area contributed by atoms with Crippen molar-refractivity contribution in [2.24, 2.45) is 0 Å².